The Morgan fingerprint density at radius 2 is 2.15 bits per heavy atom. The van der Waals surface area contributed by atoms with Crippen LogP contribution in [0, 0.1) is 23.1 Å². The van der Waals surface area contributed by atoms with Crippen LogP contribution in [0.15, 0.2) is 18.2 Å². The van der Waals surface area contributed by atoms with E-state index in [9.17, 15) is 9.18 Å². The van der Waals surface area contributed by atoms with Crippen LogP contribution in [-0.4, -0.2) is 19.0 Å². The van der Waals surface area contributed by atoms with Crippen LogP contribution in [0.25, 0.3) is 0 Å². The number of benzene rings is 1. The molecule has 108 valence electrons. The van der Waals surface area contributed by atoms with Crippen molar-refractivity contribution in [2.45, 2.75) is 27.2 Å². The molecule has 1 aromatic carbocycles. The van der Waals surface area contributed by atoms with Gasteiger partial charge in [-0.1, -0.05) is 32.6 Å². The van der Waals surface area contributed by atoms with Gasteiger partial charge in [0.25, 0.3) is 5.91 Å². The zero-order valence-corrected chi connectivity index (χ0v) is 12.2. The molecule has 0 aliphatic heterocycles. The molecule has 0 heterocycles. The number of nitrogens with two attached hydrogens (primary N) is 1. The zero-order chi connectivity index (χ0) is 15.2. The lowest BCUT2D eigenvalue weighted by Gasteiger charge is -2.22. The Bertz CT molecular complexity index is 541. The average Bonchev–Trinajstić information content (AvgIpc) is 2.44. The lowest BCUT2D eigenvalue weighted by atomic mass is 9.90. The summed E-state index contributed by atoms with van der Waals surface area (Å²) in [5, 5.41) is 2.76. The van der Waals surface area contributed by atoms with E-state index in [4.69, 9.17) is 5.73 Å². The highest BCUT2D eigenvalue weighted by molar-refractivity contribution is 5.94. The molecule has 4 heteroatoms. The minimum Gasteiger partial charge on any atom is -0.351 e. The minimum atomic E-state index is -0.546. The first kappa shape index (κ1) is 16.2. The van der Waals surface area contributed by atoms with E-state index in [0.717, 1.165) is 6.42 Å². The Kier molecular flexibility index (Phi) is 5.72. The van der Waals surface area contributed by atoms with Gasteiger partial charge in [0.2, 0.25) is 0 Å². The fraction of sp³-hybridized carbons (Fsp3) is 0.438. The second kappa shape index (κ2) is 7.06. The van der Waals surface area contributed by atoms with Gasteiger partial charge in [-0.3, -0.25) is 4.79 Å². The van der Waals surface area contributed by atoms with E-state index in [1.54, 1.807) is 0 Å². The summed E-state index contributed by atoms with van der Waals surface area (Å²) >= 11 is 0. The summed E-state index contributed by atoms with van der Waals surface area (Å²) in [5.74, 6) is 4.51. The largest absolute Gasteiger partial charge is 0.351 e. The van der Waals surface area contributed by atoms with Crippen molar-refractivity contribution in [3.63, 3.8) is 0 Å². The van der Waals surface area contributed by atoms with Crippen molar-refractivity contribution in [1.82, 2.24) is 5.32 Å². The maximum atomic E-state index is 13.7. The molecule has 0 saturated heterocycles. The highest BCUT2D eigenvalue weighted by atomic mass is 19.1. The van der Waals surface area contributed by atoms with Crippen LogP contribution < -0.4 is 11.1 Å². The molecule has 0 aliphatic rings. The Hall–Kier alpha value is -1.86. The third-order valence-electron chi connectivity index (χ3n) is 3.23. The van der Waals surface area contributed by atoms with E-state index < -0.39 is 11.7 Å². The van der Waals surface area contributed by atoms with E-state index in [1.165, 1.54) is 18.2 Å². The van der Waals surface area contributed by atoms with E-state index in [1.807, 2.05) is 13.8 Å². The molecule has 0 bridgehead atoms. The average molecular weight is 276 g/mol. The molecule has 0 fully saturated rings. The summed E-state index contributed by atoms with van der Waals surface area (Å²) < 4.78 is 13.7. The standard InChI is InChI=1S/C16H21FN2O/c1-4-16(2,3)11-19-15(20)13-10-12(6-5-9-18)7-8-14(13)17/h7-8,10H,4,9,11,18H2,1-3H3,(H,19,20). The van der Waals surface area contributed by atoms with Gasteiger partial charge in [0.1, 0.15) is 5.82 Å². The van der Waals surface area contributed by atoms with Gasteiger partial charge in [-0.25, -0.2) is 4.39 Å². The number of halogens is 1. The molecule has 0 radical (unpaired) electrons. The summed E-state index contributed by atoms with van der Waals surface area (Å²) in [6, 6.07) is 4.23. The van der Waals surface area contributed by atoms with Crippen molar-refractivity contribution in [2.75, 3.05) is 13.1 Å². The first-order valence-corrected chi connectivity index (χ1v) is 6.66. The molecule has 1 amide bonds. The summed E-state index contributed by atoms with van der Waals surface area (Å²) in [5.41, 5.74) is 5.87. The summed E-state index contributed by atoms with van der Waals surface area (Å²) in [6.07, 6.45) is 0.928. The van der Waals surface area contributed by atoms with Gasteiger partial charge in [0.15, 0.2) is 0 Å². The Labute approximate surface area is 119 Å². The number of carbonyl (C=O) groups is 1. The van der Waals surface area contributed by atoms with E-state index in [0.29, 0.717) is 12.1 Å². The van der Waals surface area contributed by atoms with Gasteiger partial charge in [0.05, 0.1) is 12.1 Å². The van der Waals surface area contributed by atoms with Crippen molar-refractivity contribution in [1.29, 1.82) is 0 Å². The van der Waals surface area contributed by atoms with Crippen LogP contribution in [0.3, 0.4) is 0 Å². The van der Waals surface area contributed by atoms with E-state index >= 15 is 0 Å². The molecule has 0 atom stereocenters. The molecule has 0 aliphatic carbocycles. The summed E-state index contributed by atoms with van der Waals surface area (Å²) in [4.78, 5) is 12.0. The lowest BCUT2D eigenvalue weighted by molar-refractivity contribution is 0.0931. The Morgan fingerprint density at radius 1 is 1.45 bits per heavy atom. The summed E-state index contributed by atoms with van der Waals surface area (Å²) in [7, 11) is 0. The molecule has 0 unspecified atom stereocenters. The van der Waals surface area contributed by atoms with Gasteiger partial charge >= 0.3 is 0 Å². The number of nitrogens with one attached hydrogen (secondary N) is 1. The molecule has 20 heavy (non-hydrogen) atoms. The molecule has 3 nitrogen and oxygen atoms in total. The van der Waals surface area contributed by atoms with Gasteiger partial charge < -0.3 is 11.1 Å². The normalized spacial score (nSPS) is 10.7. The van der Waals surface area contributed by atoms with Gasteiger partial charge in [0, 0.05) is 12.1 Å². The fourth-order valence-electron chi connectivity index (χ4n) is 1.47. The minimum absolute atomic E-state index is 0.0108. The predicted molar refractivity (Wildman–Crippen MR) is 78.7 cm³/mol. The number of hydrogen-bond donors (Lipinski definition) is 2. The molecule has 0 spiro atoms. The Balaban J connectivity index is 2.87. The maximum Gasteiger partial charge on any atom is 0.254 e. The highest BCUT2D eigenvalue weighted by Gasteiger charge is 2.18. The van der Waals surface area contributed by atoms with Crippen LogP contribution >= 0.6 is 0 Å². The van der Waals surface area contributed by atoms with Gasteiger partial charge in [-0.2, -0.15) is 0 Å². The topological polar surface area (TPSA) is 55.1 Å². The van der Waals surface area contributed by atoms with E-state index in [-0.39, 0.29) is 17.5 Å². The first-order valence-electron chi connectivity index (χ1n) is 6.66. The fourth-order valence-corrected chi connectivity index (χ4v) is 1.47. The Morgan fingerprint density at radius 3 is 2.75 bits per heavy atom. The van der Waals surface area contributed by atoms with Gasteiger partial charge in [-0.15, -0.1) is 0 Å². The SMILES string of the molecule is CCC(C)(C)CNC(=O)c1cc(C#CCN)ccc1F. The molecule has 1 rings (SSSR count). The van der Waals surface area contributed by atoms with E-state index in [2.05, 4.69) is 24.1 Å². The van der Waals surface area contributed by atoms with Gasteiger partial charge in [-0.05, 0) is 30.0 Å². The molecule has 1 aromatic rings. The smallest absolute Gasteiger partial charge is 0.254 e. The van der Waals surface area contributed by atoms with Crippen LogP contribution in [0.1, 0.15) is 43.1 Å². The predicted octanol–water partition coefficient (Wildman–Crippen LogP) is 2.30. The van der Waals surface area contributed by atoms with Crippen molar-refractivity contribution in [3.05, 3.63) is 35.1 Å². The zero-order valence-electron chi connectivity index (χ0n) is 12.2. The van der Waals surface area contributed by atoms with Crippen LogP contribution in [0.2, 0.25) is 0 Å². The summed E-state index contributed by atoms with van der Waals surface area (Å²) in [6.45, 7) is 6.87. The molecular weight excluding hydrogens is 255 g/mol. The molecule has 0 aromatic heterocycles. The van der Waals surface area contributed by atoms with Crippen LogP contribution in [0.4, 0.5) is 4.39 Å². The van der Waals surface area contributed by atoms with Crippen LogP contribution in [-0.2, 0) is 0 Å². The highest BCUT2D eigenvalue weighted by Crippen LogP contribution is 2.18. The van der Waals surface area contributed by atoms with Crippen molar-refractivity contribution in [3.8, 4) is 11.8 Å². The molecular formula is C16H21FN2O. The monoisotopic (exact) mass is 276 g/mol. The van der Waals surface area contributed by atoms with Crippen molar-refractivity contribution < 1.29 is 9.18 Å². The van der Waals surface area contributed by atoms with Crippen molar-refractivity contribution >= 4 is 5.91 Å². The van der Waals surface area contributed by atoms with Crippen LogP contribution in [0.5, 0.6) is 0 Å². The van der Waals surface area contributed by atoms with Crippen molar-refractivity contribution in [2.24, 2.45) is 11.1 Å². The lowest BCUT2D eigenvalue weighted by Crippen LogP contribution is -2.34. The quantitative estimate of drug-likeness (QED) is 0.829. The third-order valence-corrected chi connectivity index (χ3v) is 3.23. The number of carbonyl (C=O) groups excluding carboxylic acids is 1. The second-order valence-electron chi connectivity index (χ2n) is 5.40. The number of hydrogen-bond acceptors (Lipinski definition) is 2. The number of amides is 1. The second-order valence-corrected chi connectivity index (χ2v) is 5.40. The molecule has 3 N–H and O–H groups in total. The first-order chi connectivity index (χ1) is 9.39. The maximum absolute atomic E-state index is 13.7. The third kappa shape index (κ3) is 4.67. The number of rotatable bonds is 4. The molecule has 0 saturated carbocycles.